The van der Waals surface area contributed by atoms with Crippen molar-refractivity contribution in [3.05, 3.63) is 46.5 Å². The summed E-state index contributed by atoms with van der Waals surface area (Å²) in [4.78, 5) is 44.8. The summed E-state index contributed by atoms with van der Waals surface area (Å²) in [5.74, 6) is -8.37. The molecule has 0 spiro atoms. The van der Waals surface area contributed by atoms with Crippen LogP contribution < -0.4 is 20.4 Å². The molecular formula is C14H4O8Ti. The van der Waals surface area contributed by atoms with E-state index in [2.05, 4.69) is 0 Å². The molecule has 0 unspecified atom stereocenters. The maximum absolute atomic E-state index is 11.2. The molecule has 0 saturated carbocycles. The predicted molar refractivity (Wildman–Crippen MR) is 61.3 cm³/mol. The van der Waals surface area contributed by atoms with E-state index in [4.69, 9.17) is 0 Å². The Kier molecular flexibility index (Phi) is 5.26. The van der Waals surface area contributed by atoms with Crippen molar-refractivity contribution in [2.24, 2.45) is 0 Å². The molecule has 2 aromatic carbocycles. The van der Waals surface area contributed by atoms with Gasteiger partial charge in [-0.25, -0.2) is 0 Å². The number of carboxylic acid groups (broad SMARTS) is 4. The molecule has 23 heavy (non-hydrogen) atoms. The Morgan fingerprint density at radius 3 is 1.04 bits per heavy atom. The average Bonchev–Trinajstić information content (AvgIpc) is 2.43. The number of carbonyl (C=O) groups is 4. The third-order valence-corrected chi connectivity index (χ3v) is 3.03. The SMILES string of the molecule is O=C([O-])c1c(C(=O)[O-])c(C(=O)[O-])c2ccccc2c1C(=O)[O-].[Ti+4]. The first kappa shape index (κ1) is 18.3. The summed E-state index contributed by atoms with van der Waals surface area (Å²) in [6.45, 7) is 0. The summed E-state index contributed by atoms with van der Waals surface area (Å²) in [6.07, 6.45) is 0. The average molecular weight is 348 g/mol. The van der Waals surface area contributed by atoms with Crippen LogP contribution in [0.3, 0.4) is 0 Å². The first-order valence-electron chi connectivity index (χ1n) is 5.71. The van der Waals surface area contributed by atoms with E-state index in [0.29, 0.717) is 0 Å². The van der Waals surface area contributed by atoms with Crippen molar-refractivity contribution in [1.29, 1.82) is 0 Å². The van der Waals surface area contributed by atoms with Crippen LogP contribution in [0.5, 0.6) is 0 Å². The normalized spacial score (nSPS) is 9.91. The van der Waals surface area contributed by atoms with Gasteiger partial charge in [-0.3, -0.25) is 0 Å². The molecule has 0 N–H and O–H groups in total. The first-order valence-corrected chi connectivity index (χ1v) is 5.71. The van der Waals surface area contributed by atoms with Crippen molar-refractivity contribution >= 4 is 34.6 Å². The van der Waals surface area contributed by atoms with Crippen molar-refractivity contribution in [2.45, 2.75) is 0 Å². The zero-order valence-corrected chi connectivity index (χ0v) is 12.6. The molecule has 0 aromatic heterocycles. The second kappa shape index (κ2) is 6.59. The van der Waals surface area contributed by atoms with E-state index in [9.17, 15) is 39.6 Å². The summed E-state index contributed by atoms with van der Waals surface area (Å²) < 4.78 is 0. The zero-order valence-electron chi connectivity index (χ0n) is 11.1. The Bertz CT molecular complexity index is 785. The first-order chi connectivity index (χ1) is 10.3. The molecule has 0 aliphatic heterocycles. The molecule has 0 saturated heterocycles. The van der Waals surface area contributed by atoms with Gasteiger partial charge in [0.2, 0.25) is 0 Å². The molecular weight excluding hydrogens is 344 g/mol. The number of carboxylic acids is 4. The van der Waals surface area contributed by atoms with E-state index in [1.807, 2.05) is 0 Å². The van der Waals surface area contributed by atoms with E-state index < -0.39 is 46.1 Å². The van der Waals surface area contributed by atoms with Crippen LogP contribution in [0.2, 0.25) is 0 Å². The summed E-state index contributed by atoms with van der Waals surface area (Å²) in [7, 11) is 0. The van der Waals surface area contributed by atoms with Crippen LogP contribution in [0.15, 0.2) is 24.3 Å². The smallest absolute Gasteiger partial charge is 0.545 e. The Morgan fingerprint density at radius 2 is 0.826 bits per heavy atom. The van der Waals surface area contributed by atoms with Gasteiger partial charge in [0, 0.05) is 22.3 Å². The third-order valence-electron chi connectivity index (χ3n) is 3.03. The van der Waals surface area contributed by atoms with Crippen molar-refractivity contribution in [3.8, 4) is 0 Å². The summed E-state index contributed by atoms with van der Waals surface area (Å²) >= 11 is 0. The number of hydrogen-bond acceptors (Lipinski definition) is 8. The minimum absolute atomic E-state index is 0. The largest absolute Gasteiger partial charge is 4.00 e. The maximum atomic E-state index is 11.2. The van der Waals surface area contributed by atoms with Gasteiger partial charge in [0.1, 0.15) is 0 Å². The fourth-order valence-electron chi connectivity index (χ4n) is 2.27. The van der Waals surface area contributed by atoms with Crippen LogP contribution >= 0.6 is 0 Å². The monoisotopic (exact) mass is 348 g/mol. The molecule has 112 valence electrons. The van der Waals surface area contributed by atoms with Crippen LogP contribution in [0.1, 0.15) is 41.4 Å². The van der Waals surface area contributed by atoms with Crippen molar-refractivity contribution < 1.29 is 61.3 Å². The molecule has 9 heteroatoms. The molecule has 2 aromatic rings. The molecule has 0 fully saturated rings. The predicted octanol–water partition coefficient (Wildman–Crippen LogP) is -3.71. The molecule has 8 nitrogen and oxygen atoms in total. The third kappa shape index (κ3) is 2.94. The van der Waals surface area contributed by atoms with Gasteiger partial charge in [-0.05, 0) is 10.8 Å². The number of carbonyl (C=O) groups excluding carboxylic acids is 4. The molecule has 2 rings (SSSR count). The number of fused-ring (bicyclic) bond motifs is 1. The fraction of sp³-hybridized carbons (Fsp3) is 0. The molecule has 0 bridgehead atoms. The van der Waals surface area contributed by atoms with Gasteiger partial charge in [0.15, 0.2) is 0 Å². The van der Waals surface area contributed by atoms with Crippen molar-refractivity contribution in [3.63, 3.8) is 0 Å². The molecule has 0 amide bonds. The van der Waals surface area contributed by atoms with E-state index in [0.717, 1.165) is 12.1 Å². The quantitative estimate of drug-likeness (QED) is 0.510. The van der Waals surface area contributed by atoms with Gasteiger partial charge in [-0.1, -0.05) is 24.3 Å². The minimum atomic E-state index is -2.19. The molecule has 0 aliphatic carbocycles. The summed E-state index contributed by atoms with van der Waals surface area (Å²) in [5, 5.41) is 44.1. The van der Waals surface area contributed by atoms with Gasteiger partial charge in [0.05, 0.1) is 23.9 Å². The van der Waals surface area contributed by atoms with E-state index in [-0.39, 0.29) is 32.5 Å². The second-order valence-electron chi connectivity index (χ2n) is 4.20. The van der Waals surface area contributed by atoms with E-state index in [1.54, 1.807) is 0 Å². The molecule has 0 aliphatic rings. The minimum Gasteiger partial charge on any atom is -0.545 e. The summed E-state index contributed by atoms with van der Waals surface area (Å²) in [6, 6.07) is 4.84. The van der Waals surface area contributed by atoms with E-state index in [1.165, 1.54) is 12.1 Å². The second-order valence-corrected chi connectivity index (χ2v) is 4.20. The molecule has 0 radical (unpaired) electrons. The molecule has 0 heterocycles. The Balaban J connectivity index is 0.00000264. The van der Waals surface area contributed by atoms with Gasteiger partial charge >= 0.3 is 21.7 Å². The number of benzene rings is 2. The zero-order chi connectivity index (χ0) is 16.6. The van der Waals surface area contributed by atoms with Gasteiger partial charge < -0.3 is 39.6 Å². The van der Waals surface area contributed by atoms with Gasteiger partial charge in [0.25, 0.3) is 0 Å². The van der Waals surface area contributed by atoms with Crippen LogP contribution in [0.25, 0.3) is 10.8 Å². The van der Waals surface area contributed by atoms with Crippen LogP contribution in [0, 0.1) is 0 Å². The topological polar surface area (TPSA) is 161 Å². The molecule has 0 atom stereocenters. The van der Waals surface area contributed by atoms with Crippen LogP contribution in [-0.4, -0.2) is 23.9 Å². The maximum Gasteiger partial charge on any atom is 4.00 e. The van der Waals surface area contributed by atoms with Crippen LogP contribution in [0.4, 0.5) is 0 Å². The number of rotatable bonds is 4. The standard InChI is InChI=1S/C14H8O8.Ti/c15-11(16)7-5-3-1-2-4-6(5)8(12(17)18)10(14(21)22)9(7)13(19)20;/h1-4H,(H,15,16)(H,17,18)(H,19,20)(H,21,22);/q;+4/p-4. The van der Waals surface area contributed by atoms with E-state index >= 15 is 0 Å². The Hall–Kier alpha value is -2.71. The van der Waals surface area contributed by atoms with Crippen molar-refractivity contribution in [1.82, 2.24) is 0 Å². The summed E-state index contributed by atoms with van der Waals surface area (Å²) in [5.41, 5.74) is -4.67. The Morgan fingerprint density at radius 1 is 0.565 bits per heavy atom. The Labute approximate surface area is 142 Å². The fourth-order valence-corrected chi connectivity index (χ4v) is 2.27. The van der Waals surface area contributed by atoms with Gasteiger partial charge in [-0.2, -0.15) is 0 Å². The number of hydrogen-bond donors (Lipinski definition) is 0. The van der Waals surface area contributed by atoms with Crippen LogP contribution in [-0.2, 0) is 21.7 Å². The van der Waals surface area contributed by atoms with Crippen molar-refractivity contribution in [2.75, 3.05) is 0 Å². The number of aromatic carboxylic acids is 4. The van der Waals surface area contributed by atoms with Gasteiger partial charge in [-0.15, -0.1) is 0 Å².